The third-order valence-corrected chi connectivity index (χ3v) is 5.03. The van der Waals surface area contributed by atoms with Crippen molar-refractivity contribution >= 4 is 35.3 Å². The molecule has 192 valence electrons. The molecule has 8 N–H and O–H groups in total. The lowest BCUT2D eigenvalue weighted by atomic mass is 10.0. The van der Waals surface area contributed by atoms with Gasteiger partial charge in [0.15, 0.2) is 0 Å². The molecule has 34 heavy (non-hydrogen) atoms. The molecule has 0 bridgehead atoms. The Kier molecular flexibility index (Phi) is 12.1. The Morgan fingerprint density at radius 1 is 1.00 bits per heavy atom. The van der Waals surface area contributed by atoms with E-state index < -0.39 is 60.3 Å². The molecule has 1 fully saturated rings. The average molecular weight is 485 g/mol. The number of nitrogens with two attached hydrogens (primary N) is 1. The molecule has 1 rings (SSSR count). The van der Waals surface area contributed by atoms with Crippen molar-refractivity contribution in [3.05, 3.63) is 0 Å². The number of ketones is 1. The Balaban J connectivity index is 2.76. The summed E-state index contributed by atoms with van der Waals surface area (Å²) in [5, 5.41) is 22.2. The fraction of sp³-hybridized carbons (Fsp3) is 0.714. The van der Waals surface area contributed by atoms with Crippen molar-refractivity contribution in [2.24, 2.45) is 11.7 Å². The number of β-amino-alcohol motifs (C(OH)–C–C–N with tert-alkyl or cyclic N) is 1. The third-order valence-electron chi connectivity index (χ3n) is 5.03. The number of Topliss-reactive ketones (excluding diaryl/α,β-unsaturated/α-hetero) is 1. The monoisotopic (exact) mass is 484 g/mol. The molecule has 0 aliphatic carbocycles. The van der Waals surface area contributed by atoms with Gasteiger partial charge in [-0.05, 0) is 32.1 Å². The van der Waals surface area contributed by atoms with Crippen LogP contribution in [-0.4, -0.2) is 84.3 Å². The topological polar surface area (TPSA) is 209 Å². The first kappa shape index (κ1) is 29.0. The average Bonchev–Trinajstić information content (AvgIpc) is 3.18. The van der Waals surface area contributed by atoms with Crippen LogP contribution in [0.15, 0.2) is 0 Å². The summed E-state index contributed by atoms with van der Waals surface area (Å²) in [6, 6.07) is -2.76. The summed E-state index contributed by atoms with van der Waals surface area (Å²) < 4.78 is 0. The first-order valence-electron chi connectivity index (χ1n) is 11.2. The van der Waals surface area contributed by atoms with E-state index in [1.807, 2.05) is 13.8 Å². The summed E-state index contributed by atoms with van der Waals surface area (Å²) in [5.74, 6) is -3.30. The molecule has 0 spiro atoms. The summed E-state index contributed by atoms with van der Waals surface area (Å²) in [5.41, 5.74) is 5.17. The highest BCUT2D eigenvalue weighted by atomic mass is 16.3. The van der Waals surface area contributed by atoms with E-state index in [0.29, 0.717) is 0 Å². The molecule has 13 heteroatoms. The van der Waals surface area contributed by atoms with Gasteiger partial charge in [-0.3, -0.25) is 28.8 Å². The normalized spacial score (nSPS) is 19.1. The summed E-state index contributed by atoms with van der Waals surface area (Å²) in [6.07, 6.45) is -0.443. The molecule has 0 aromatic rings. The fourth-order valence-electron chi connectivity index (χ4n) is 3.32. The van der Waals surface area contributed by atoms with Gasteiger partial charge in [-0.15, -0.1) is 0 Å². The van der Waals surface area contributed by atoms with Crippen LogP contribution in [0, 0.1) is 5.92 Å². The quantitative estimate of drug-likeness (QED) is 0.133. The maximum atomic E-state index is 12.9. The first-order valence-corrected chi connectivity index (χ1v) is 11.2. The smallest absolute Gasteiger partial charge is 0.243 e. The Bertz CT molecular complexity index is 773. The van der Waals surface area contributed by atoms with Crippen molar-refractivity contribution in [3.8, 4) is 0 Å². The van der Waals surface area contributed by atoms with E-state index in [-0.39, 0.29) is 50.5 Å². The highest BCUT2D eigenvalue weighted by molar-refractivity contribution is 5.94. The number of amides is 5. The van der Waals surface area contributed by atoms with Gasteiger partial charge < -0.3 is 37.4 Å². The van der Waals surface area contributed by atoms with Crippen LogP contribution in [-0.2, 0) is 28.8 Å². The van der Waals surface area contributed by atoms with Crippen LogP contribution in [0.2, 0.25) is 0 Å². The van der Waals surface area contributed by atoms with Crippen molar-refractivity contribution in [1.82, 2.24) is 26.6 Å². The first-order chi connectivity index (χ1) is 15.9. The molecule has 0 saturated carbocycles. The maximum Gasteiger partial charge on any atom is 0.243 e. The maximum absolute atomic E-state index is 12.9. The van der Waals surface area contributed by atoms with Crippen LogP contribution >= 0.6 is 0 Å². The van der Waals surface area contributed by atoms with Crippen molar-refractivity contribution in [2.45, 2.75) is 70.7 Å². The summed E-state index contributed by atoms with van der Waals surface area (Å²) in [6.45, 7) is 4.68. The van der Waals surface area contributed by atoms with Crippen LogP contribution in [0.3, 0.4) is 0 Å². The molecule has 4 atom stereocenters. The van der Waals surface area contributed by atoms with Gasteiger partial charge in [0.05, 0.1) is 25.2 Å². The second-order valence-corrected chi connectivity index (χ2v) is 8.80. The van der Waals surface area contributed by atoms with E-state index >= 15 is 0 Å². The zero-order valence-electron chi connectivity index (χ0n) is 19.8. The Labute approximate surface area is 198 Å². The summed E-state index contributed by atoms with van der Waals surface area (Å²) >= 11 is 0. The Morgan fingerprint density at radius 3 is 2.21 bits per heavy atom. The minimum absolute atomic E-state index is 0.0324. The zero-order valence-corrected chi connectivity index (χ0v) is 19.8. The van der Waals surface area contributed by atoms with E-state index in [0.717, 1.165) is 0 Å². The molecule has 0 radical (unpaired) electrons. The highest BCUT2D eigenvalue weighted by Crippen LogP contribution is 2.08. The predicted molar refractivity (Wildman–Crippen MR) is 121 cm³/mol. The molecule has 1 heterocycles. The van der Waals surface area contributed by atoms with Gasteiger partial charge in [-0.2, -0.15) is 0 Å². The van der Waals surface area contributed by atoms with E-state index in [1.54, 1.807) is 0 Å². The summed E-state index contributed by atoms with van der Waals surface area (Å²) in [4.78, 5) is 72.1. The molecule has 1 saturated heterocycles. The van der Waals surface area contributed by atoms with Crippen molar-refractivity contribution in [3.63, 3.8) is 0 Å². The van der Waals surface area contributed by atoms with Crippen LogP contribution < -0.4 is 32.3 Å². The molecule has 1 aliphatic heterocycles. The number of primary amides is 1. The number of rotatable bonds is 14. The van der Waals surface area contributed by atoms with Crippen molar-refractivity contribution in [2.75, 3.05) is 19.6 Å². The Hall–Kier alpha value is -3.06. The highest BCUT2D eigenvalue weighted by Gasteiger charge is 2.30. The van der Waals surface area contributed by atoms with Crippen LogP contribution in [0.25, 0.3) is 0 Å². The van der Waals surface area contributed by atoms with Gasteiger partial charge in [0.1, 0.15) is 17.9 Å². The molecular weight excluding hydrogens is 448 g/mol. The minimum Gasteiger partial charge on any atom is -0.392 e. The third kappa shape index (κ3) is 11.2. The van der Waals surface area contributed by atoms with Crippen molar-refractivity contribution in [1.29, 1.82) is 0 Å². The molecular formula is C21H36N6O7. The number of carbonyl (C=O) groups is 6. The molecule has 13 nitrogen and oxygen atoms in total. The van der Waals surface area contributed by atoms with Gasteiger partial charge in [-0.1, -0.05) is 13.8 Å². The number of nitrogens with one attached hydrogen (secondary N) is 5. The van der Waals surface area contributed by atoms with Gasteiger partial charge >= 0.3 is 0 Å². The number of hydrogen-bond acceptors (Lipinski definition) is 8. The second kappa shape index (κ2) is 14.3. The zero-order chi connectivity index (χ0) is 25.8. The number of aliphatic hydroxyl groups is 1. The fourth-order valence-corrected chi connectivity index (χ4v) is 3.32. The molecule has 0 aromatic heterocycles. The molecule has 5 amide bonds. The van der Waals surface area contributed by atoms with Crippen molar-refractivity contribution < 1.29 is 33.9 Å². The van der Waals surface area contributed by atoms with Crippen LogP contribution in [0.4, 0.5) is 0 Å². The van der Waals surface area contributed by atoms with Gasteiger partial charge in [0, 0.05) is 13.0 Å². The molecule has 0 aromatic carbocycles. The van der Waals surface area contributed by atoms with E-state index in [9.17, 15) is 33.9 Å². The van der Waals surface area contributed by atoms with Gasteiger partial charge in [0.2, 0.25) is 29.5 Å². The lowest BCUT2D eigenvalue weighted by molar-refractivity contribution is -0.133. The van der Waals surface area contributed by atoms with E-state index in [4.69, 9.17) is 5.73 Å². The molecule has 1 aliphatic rings. The van der Waals surface area contributed by atoms with Gasteiger partial charge in [0.25, 0.3) is 0 Å². The molecule has 0 unspecified atom stereocenters. The van der Waals surface area contributed by atoms with Crippen LogP contribution in [0.1, 0.15) is 46.5 Å². The second-order valence-electron chi connectivity index (χ2n) is 8.80. The predicted octanol–water partition coefficient (Wildman–Crippen LogP) is -3.19. The van der Waals surface area contributed by atoms with Crippen LogP contribution in [0.5, 0.6) is 0 Å². The number of aliphatic hydroxyl groups excluding tert-OH is 1. The SMILES string of the molecule is CC(=O)CNC(=O)[C@H](CC(C)C)NC(=O)[C@@H](CCC(N)=O)NC(=O)CNC(=O)[C@H]1C[C@H](O)CN1. The van der Waals surface area contributed by atoms with Gasteiger partial charge in [-0.25, -0.2) is 0 Å². The number of hydrogen-bond donors (Lipinski definition) is 7. The largest absolute Gasteiger partial charge is 0.392 e. The van der Waals surface area contributed by atoms with E-state index in [1.165, 1.54) is 6.92 Å². The summed E-state index contributed by atoms with van der Waals surface area (Å²) in [7, 11) is 0. The lowest BCUT2D eigenvalue weighted by Gasteiger charge is -2.24. The standard InChI is InChI=1S/C21H36N6O7/c1-11(2)6-16(20(33)24-8-12(3)28)27-21(34)14(4-5-17(22)30)26-18(31)10-25-19(32)15-7-13(29)9-23-15/h11,13-16,23,29H,4-10H2,1-3H3,(H2,22,30)(H,24,33)(H,25,32)(H,26,31)(H,27,34)/t13-,14+,15+,16-/m0/s1. The lowest BCUT2D eigenvalue weighted by Crippen LogP contribution is -2.55. The number of carbonyl (C=O) groups excluding carboxylic acids is 6. The minimum atomic E-state index is -1.18. The Morgan fingerprint density at radius 2 is 1.68 bits per heavy atom. The van der Waals surface area contributed by atoms with E-state index in [2.05, 4.69) is 26.6 Å².